The molecule has 2 rings (SSSR count). The first-order valence-corrected chi connectivity index (χ1v) is 7.98. The Labute approximate surface area is 159 Å². The van der Waals surface area contributed by atoms with Gasteiger partial charge in [-0.05, 0) is 42.0 Å². The molecule has 7 nitrogen and oxygen atoms in total. The molecule has 0 radical (unpaired) electrons. The fourth-order valence-corrected chi connectivity index (χ4v) is 2.19. The van der Waals surface area contributed by atoms with Gasteiger partial charge >= 0.3 is 12.6 Å². The molecule has 0 bridgehead atoms. The number of nitriles is 1. The van der Waals surface area contributed by atoms with Gasteiger partial charge in [0, 0.05) is 5.69 Å². The van der Waals surface area contributed by atoms with Crippen molar-refractivity contribution < 1.29 is 32.6 Å². The molecule has 0 heterocycles. The van der Waals surface area contributed by atoms with Crippen molar-refractivity contribution in [1.82, 2.24) is 0 Å². The zero-order valence-electron chi connectivity index (χ0n) is 14.8. The molecule has 146 valence electrons. The minimum atomic E-state index is -2.98. The third kappa shape index (κ3) is 5.95. The molecule has 1 N–H and O–H groups in total. The van der Waals surface area contributed by atoms with Gasteiger partial charge in [-0.25, -0.2) is 4.79 Å². The van der Waals surface area contributed by atoms with Crippen LogP contribution >= 0.6 is 0 Å². The van der Waals surface area contributed by atoms with Gasteiger partial charge in [-0.2, -0.15) is 14.0 Å². The number of alkyl halides is 2. The van der Waals surface area contributed by atoms with Gasteiger partial charge in [-0.3, -0.25) is 4.79 Å². The first kappa shape index (κ1) is 20.6. The summed E-state index contributed by atoms with van der Waals surface area (Å²) in [6.07, 6.45) is -0.269. The lowest BCUT2D eigenvalue weighted by atomic mass is 10.2. The number of nitrogens with one attached hydrogen (secondary N) is 1. The van der Waals surface area contributed by atoms with Crippen molar-refractivity contribution in [3.05, 3.63) is 53.6 Å². The number of carbonyl (C=O) groups excluding carboxylic acids is 2. The zero-order chi connectivity index (χ0) is 20.5. The van der Waals surface area contributed by atoms with Gasteiger partial charge in [0.05, 0.1) is 18.7 Å². The van der Waals surface area contributed by atoms with Crippen LogP contribution in [0.2, 0.25) is 0 Å². The molecule has 9 heteroatoms. The van der Waals surface area contributed by atoms with Crippen molar-refractivity contribution >= 4 is 17.6 Å². The average molecular weight is 390 g/mol. The van der Waals surface area contributed by atoms with E-state index in [1.165, 1.54) is 49.6 Å². The molecular formula is C19H16F2N2O5. The summed E-state index contributed by atoms with van der Waals surface area (Å²) in [6, 6.07) is 11.9. The van der Waals surface area contributed by atoms with E-state index in [9.17, 15) is 18.4 Å². The Kier molecular flexibility index (Phi) is 7.28. The first-order valence-electron chi connectivity index (χ1n) is 7.98. The number of benzene rings is 2. The lowest BCUT2D eigenvalue weighted by Crippen LogP contribution is -2.10. The summed E-state index contributed by atoms with van der Waals surface area (Å²) in [6.45, 7) is -3.09. The maximum atomic E-state index is 12.3. The van der Waals surface area contributed by atoms with Crippen molar-refractivity contribution in [2.45, 2.75) is 19.6 Å². The molecule has 0 fully saturated rings. The van der Waals surface area contributed by atoms with E-state index in [1.54, 1.807) is 6.07 Å². The lowest BCUT2D eigenvalue weighted by molar-refractivity contribution is -0.115. The Hall–Kier alpha value is -3.67. The van der Waals surface area contributed by atoms with Crippen LogP contribution in [0.3, 0.4) is 0 Å². The smallest absolute Gasteiger partial charge is 0.387 e. The van der Waals surface area contributed by atoms with E-state index in [1.807, 2.05) is 0 Å². The molecule has 0 saturated carbocycles. The van der Waals surface area contributed by atoms with Crippen LogP contribution in [0.4, 0.5) is 14.5 Å². The monoisotopic (exact) mass is 390 g/mol. The number of amides is 1. The van der Waals surface area contributed by atoms with Gasteiger partial charge in [0.1, 0.15) is 13.0 Å². The van der Waals surface area contributed by atoms with E-state index in [4.69, 9.17) is 14.7 Å². The number of rotatable bonds is 8. The lowest BCUT2D eigenvalue weighted by Gasteiger charge is -2.12. The molecule has 0 saturated heterocycles. The predicted molar refractivity (Wildman–Crippen MR) is 94.0 cm³/mol. The van der Waals surface area contributed by atoms with Gasteiger partial charge in [0.15, 0.2) is 11.5 Å². The van der Waals surface area contributed by atoms with Crippen molar-refractivity contribution in [2.75, 3.05) is 12.4 Å². The molecule has 0 aromatic heterocycles. The zero-order valence-corrected chi connectivity index (χ0v) is 14.8. The topological polar surface area (TPSA) is 97.6 Å². The summed E-state index contributed by atoms with van der Waals surface area (Å²) in [4.78, 5) is 23.5. The van der Waals surface area contributed by atoms with Crippen LogP contribution in [0.5, 0.6) is 11.5 Å². The maximum Gasteiger partial charge on any atom is 0.387 e. The number of esters is 1. The highest BCUT2D eigenvalue weighted by molar-refractivity contribution is 5.93. The van der Waals surface area contributed by atoms with Crippen molar-refractivity contribution in [2.24, 2.45) is 0 Å². The summed E-state index contributed by atoms with van der Waals surface area (Å²) in [7, 11) is 1.31. The minimum absolute atomic E-state index is 0.0892. The van der Waals surface area contributed by atoms with Crippen LogP contribution in [0.25, 0.3) is 0 Å². The Morgan fingerprint density at radius 3 is 2.46 bits per heavy atom. The van der Waals surface area contributed by atoms with E-state index in [0.29, 0.717) is 11.3 Å². The van der Waals surface area contributed by atoms with E-state index < -0.39 is 18.5 Å². The Balaban J connectivity index is 1.96. The standard InChI is InChI=1S/C19H16F2N2O5/c1-26-16-10-12(2-7-15(16)28-19(20)21)11-27-18(25)13-3-5-14(6-4-13)23-17(24)8-9-22/h2-7,10,19H,8,11H2,1H3,(H,23,24). The summed E-state index contributed by atoms with van der Waals surface area (Å²) in [5.74, 6) is -1.10. The Morgan fingerprint density at radius 1 is 1.14 bits per heavy atom. The number of nitrogens with zero attached hydrogens (tertiary/aromatic N) is 1. The molecule has 0 atom stereocenters. The maximum absolute atomic E-state index is 12.3. The summed E-state index contributed by atoms with van der Waals surface area (Å²) >= 11 is 0. The van der Waals surface area contributed by atoms with Crippen LogP contribution < -0.4 is 14.8 Å². The molecule has 0 aliphatic carbocycles. The van der Waals surface area contributed by atoms with Gasteiger partial charge in [0.2, 0.25) is 5.91 Å². The number of ether oxygens (including phenoxy) is 3. The van der Waals surface area contributed by atoms with Gasteiger partial charge < -0.3 is 19.5 Å². The second-order valence-corrected chi connectivity index (χ2v) is 5.40. The fourth-order valence-electron chi connectivity index (χ4n) is 2.19. The van der Waals surface area contributed by atoms with E-state index in [2.05, 4.69) is 10.1 Å². The molecule has 1 amide bonds. The number of hydrogen-bond acceptors (Lipinski definition) is 6. The highest BCUT2D eigenvalue weighted by atomic mass is 19.3. The second-order valence-electron chi connectivity index (χ2n) is 5.40. The third-order valence-corrected chi connectivity index (χ3v) is 3.46. The quantitative estimate of drug-likeness (QED) is 0.693. The van der Waals surface area contributed by atoms with Gasteiger partial charge in [-0.1, -0.05) is 6.07 Å². The number of hydrogen-bond donors (Lipinski definition) is 1. The molecule has 0 unspecified atom stereocenters. The molecule has 0 aliphatic rings. The second kappa shape index (κ2) is 9.87. The largest absolute Gasteiger partial charge is 0.493 e. The minimum Gasteiger partial charge on any atom is -0.493 e. The first-order chi connectivity index (χ1) is 13.4. The van der Waals surface area contributed by atoms with Gasteiger partial charge in [0.25, 0.3) is 0 Å². The van der Waals surface area contributed by atoms with Crippen LogP contribution in [0, 0.1) is 11.3 Å². The van der Waals surface area contributed by atoms with Crippen LogP contribution in [0.15, 0.2) is 42.5 Å². The van der Waals surface area contributed by atoms with Crippen LogP contribution in [-0.2, 0) is 16.1 Å². The molecule has 0 spiro atoms. The molecular weight excluding hydrogens is 374 g/mol. The third-order valence-electron chi connectivity index (χ3n) is 3.46. The molecule has 2 aromatic rings. The normalized spacial score (nSPS) is 10.1. The van der Waals surface area contributed by atoms with Crippen molar-refractivity contribution in [1.29, 1.82) is 5.26 Å². The number of halogens is 2. The van der Waals surface area contributed by atoms with Gasteiger partial charge in [-0.15, -0.1) is 0 Å². The molecule has 2 aromatic carbocycles. The highest BCUT2D eigenvalue weighted by Gasteiger charge is 2.13. The van der Waals surface area contributed by atoms with E-state index in [-0.39, 0.29) is 30.1 Å². The molecule has 0 aliphatic heterocycles. The Morgan fingerprint density at radius 2 is 1.86 bits per heavy atom. The molecule has 28 heavy (non-hydrogen) atoms. The SMILES string of the molecule is COc1cc(COC(=O)c2ccc(NC(=O)CC#N)cc2)ccc1OC(F)F. The van der Waals surface area contributed by atoms with E-state index in [0.717, 1.165) is 0 Å². The number of methoxy groups -OCH3 is 1. The fraction of sp³-hybridized carbons (Fsp3) is 0.211. The average Bonchev–Trinajstić information content (AvgIpc) is 2.67. The number of carbonyl (C=O) groups is 2. The summed E-state index contributed by atoms with van der Waals surface area (Å²) in [5.41, 5.74) is 1.21. The van der Waals surface area contributed by atoms with Crippen LogP contribution in [0.1, 0.15) is 22.3 Å². The van der Waals surface area contributed by atoms with Crippen molar-refractivity contribution in [3.63, 3.8) is 0 Å². The van der Waals surface area contributed by atoms with Crippen LogP contribution in [-0.4, -0.2) is 25.6 Å². The predicted octanol–water partition coefficient (Wildman–Crippen LogP) is 3.51. The van der Waals surface area contributed by atoms with Crippen molar-refractivity contribution in [3.8, 4) is 17.6 Å². The summed E-state index contributed by atoms with van der Waals surface area (Å²) < 4.78 is 39.2. The van der Waals surface area contributed by atoms with E-state index >= 15 is 0 Å². The highest BCUT2D eigenvalue weighted by Crippen LogP contribution is 2.29. The summed E-state index contributed by atoms with van der Waals surface area (Å²) in [5, 5.41) is 11.0. The number of anilines is 1. The Bertz CT molecular complexity index is 879.